The van der Waals surface area contributed by atoms with E-state index in [2.05, 4.69) is 41.2 Å². The van der Waals surface area contributed by atoms with E-state index in [0.717, 1.165) is 6.42 Å². The lowest BCUT2D eigenvalue weighted by Crippen LogP contribution is -2.48. The first-order valence-electron chi connectivity index (χ1n) is 4.80. The molecule has 72 valence electrons. The monoisotopic (exact) mass is 169 g/mol. The van der Waals surface area contributed by atoms with E-state index in [9.17, 15) is 0 Å². The second-order valence-electron chi connectivity index (χ2n) is 4.25. The van der Waals surface area contributed by atoms with Crippen molar-refractivity contribution in [1.29, 1.82) is 0 Å². The van der Waals surface area contributed by atoms with Gasteiger partial charge in [-0.25, -0.2) is 0 Å². The molecule has 0 spiro atoms. The second kappa shape index (κ2) is 4.08. The molecule has 0 saturated carbocycles. The molecule has 2 N–H and O–H groups in total. The predicted molar refractivity (Wildman–Crippen MR) is 56.0 cm³/mol. The fraction of sp³-hybridized carbons (Fsp3) is 0.818. The molecule has 0 aliphatic heterocycles. The molecular weight excluding hydrogens is 146 g/mol. The maximum atomic E-state index is 6.22. The molecule has 0 fully saturated rings. The molecule has 0 rings (SSSR count). The highest BCUT2D eigenvalue weighted by atomic mass is 14.8. The molecule has 0 aliphatic carbocycles. The third-order valence-electron chi connectivity index (χ3n) is 3.24. The SMILES string of the molecule is C=C(CC)C(C)C(C)(N)C(C)C. The summed E-state index contributed by atoms with van der Waals surface area (Å²) in [7, 11) is 0. The van der Waals surface area contributed by atoms with Crippen LogP contribution in [-0.2, 0) is 0 Å². The van der Waals surface area contributed by atoms with Crippen molar-refractivity contribution in [1.82, 2.24) is 0 Å². The van der Waals surface area contributed by atoms with Crippen LogP contribution in [0.1, 0.15) is 41.0 Å². The van der Waals surface area contributed by atoms with Crippen LogP contribution in [-0.4, -0.2) is 5.54 Å². The summed E-state index contributed by atoms with van der Waals surface area (Å²) in [6.07, 6.45) is 1.03. The minimum Gasteiger partial charge on any atom is -0.325 e. The van der Waals surface area contributed by atoms with Gasteiger partial charge in [0.2, 0.25) is 0 Å². The minimum atomic E-state index is -0.118. The van der Waals surface area contributed by atoms with Crippen molar-refractivity contribution in [2.45, 2.75) is 46.6 Å². The Morgan fingerprint density at radius 2 is 1.83 bits per heavy atom. The van der Waals surface area contributed by atoms with Crippen LogP contribution in [0.4, 0.5) is 0 Å². The number of rotatable bonds is 4. The molecule has 12 heavy (non-hydrogen) atoms. The van der Waals surface area contributed by atoms with Crippen LogP contribution >= 0.6 is 0 Å². The first-order chi connectivity index (χ1) is 5.34. The van der Waals surface area contributed by atoms with Crippen molar-refractivity contribution in [3.05, 3.63) is 12.2 Å². The Bertz CT molecular complexity index is 156. The van der Waals surface area contributed by atoms with E-state index in [1.807, 2.05) is 0 Å². The van der Waals surface area contributed by atoms with Crippen molar-refractivity contribution in [3.8, 4) is 0 Å². The van der Waals surface area contributed by atoms with E-state index in [1.165, 1.54) is 5.57 Å². The molecule has 0 amide bonds. The van der Waals surface area contributed by atoms with E-state index in [-0.39, 0.29) is 5.54 Å². The summed E-state index contributed by atoms with van der Waals surface area (Å²) in [5.41, 5.74) is 7.36. The lowest BCUT2D eigenvalue weighted by Gasteiger charge is -2.36. The van der Waals surface area contributed by atoms with Crippen LogP contribution in [0.15, 0.2) is 12.2 Å². The van der Waals surface area contributed by atoms with Gasteiger partial charge in [0.05, 0.1) is 0 Å². The molecule has 0 aliphatic rings. The summed E-state index contributed by atoms with van der Waals surface area (Å²) >= 11 is 0. The van der Waals surface area contributed by atoms with Crippen LogP contribution in [0.3, 0.4) is 0 Å². The molecule has 1 heteroatoms. The van der Waals surface area contributed by atoms with E-state index < -0.39 is 0 Å². The zero-order valence-electron chi connectivity index (χ0n) is 9.15. The van der Waals surface area contributed by atoms with E-state index >= 15 is 0 Å². The van der Waals surface area contributed by atoms with Crippen LogP contribution < -0.4 is 5.73 Å². The van der Waals surface area contributed by atoms with Gasteiger partial charge in [-0.1, -0.05) is 39.8 Å². The molecule has 0 radical (unpaired) electrons. The average molecular weight is 169 g/mol. The summed E-state index contributed by atoms with van der Waals surface area (Å²) in [5.74, 6) is 0.901. The van der Waals surface area contributed by atoms with Crippen LogP contribution in [0.5, 0.6) is 0 Å². The number of hydrogen-bond acceptors (Lipinski definition) is 1. The van der Waals surface area contributed by atoms with Gasteiger partial charge >= 0.3 is 0 Å². The van der Waals surface area contributed by atoms with Gasteiger partial charge in [0.1, 0.15) is 0 Å². The highest BCUT2D eigenvalue weighted by Crippen LogP contribution is 2.29. The highest BCUT2D eigenvalue weighted by molar-refractivity contribution is 5.07. The molecule has 0 aromatic rings. The van der Waals surface area contributed by atoms with Crippen molar-refractivity contribution >= 4 is 0 Å². The van der Waals surface area contributed by atoms with Crippen LogP contribution in [0.25, 0.3) is 0 Å². The van der Waals surface area contributed by atoms with Gasteiger partial charge in [-0.05, 0) is 25.2 Å². The van der Waals surface area contributed by atoms with E-state index in [4.69, 9.17) is 5.73 Å². The molecule has 2 atom stereocenters. The maximum absolute atomic E-state index is 6.22. The van der Waals surface area contributed by atoms with Gasteiger partial charge in [0.15, 0.2) is 0 Å². The smallest absolute Gasteiger partial charge is 0.0212 e. The topological polar surface area (TPSA) is 26.0 Å². The first kappa shape index (κ1) is 11.7. The third kappa shape index (κ3) is 2.34. The first-order valence-corrected chi connectivity index (χ1v) is 4.80. The molecule has 0 bridgehead atoms. The average Bonchev–Trinajstić information content (AvgIpc) is 2.01. The Kier molecular flexibility index (Phi) is 3.98. The number of nitrogens with two attached hydrogens (primary N) is 1. The molecule has 2 unspecified atom stereocenters. The maximum Gasteiger partial charge on any atom is 0.0212 e. The Balaban J connectivity index is 4.45. The number of hydrogen-bond donors (Lipinski definition) is 1. The zero-order chi connectivity index (χ0) is 9.94. The quantitative estimate of drug-likeness (QED) is 0.643. The van der Waals surface area contributed by atoms with Crippen molar-refractivity contribution in [3.63, 3.8) is 0 Å². The van der Waals surface area contributed by atoms with Crippen molar-refractivity contribution in [2.75, 3.05) is 0 Å². The molecule has 0 aromatic heterocycles. The molecule has 1 nitrogen and oxygen atoms in total. The summed E-state index contributed by atoms with van der Waals surface area (Å²) in [5, 5.41) is 0. The zero-order valence-corrected chi connectivity index (χ0v) is 9.15. The third-order valence-corrected chi connectivity index (χ3v) is 3.24. The second-order valence-corrected chi connectivity index (χ2v) is 4.25. The summed E-state index contributed by atoms with van der Waals surface area (Å²) < 4.78 is 0. The van der Waals surface area contributed by atoms with Gasteiger partial charge < -0.3 is 5.73 Å². The normalized spacial score (nSPS) is 18.9. The van der Waals surface area contributed by atoms with Crippen molar-refractivity contribution in [2.24, 2.45) is 17.6 Å². The predicted octanol–water partition coefficient (Wildman–Crippen LogP) is 2.96. The molecule has 0 aromatic carbocycles. The Labute approximate surface area is 77.0 Å². The molecular formula is C11H23N. The van der Waals surface area contributed by atoms with Crippen LogP contribution in [0.2, 0.25) is 0 Å². The largest absolute Gasteiger partial charge is 0.325 e. The summed E-state index contributed by atoms with van der Waals surface area (Å²) in [6.45, 7) is 14.8. The van der Waals surface area contributed by atoms with E-state index in [0.29, 0.717) is 11.8 Å². The minimum absolute atomic E-state index is 0.118. The highest BCUT2D eigenvalue weighted by Gasteiger charge is 2.30. The van der Waals surface area contributed by atoms with Crippen LogP contribution in [0, 0.1) is 11.8 Å². The molecule has 0 saturated heterocycles. The van der Waals surface area contributed by atoms with Crippen molar-refractivity contribution < 1.29 is 0 Å². The van der Waals surface area contributed by atoms with Gasteiger partial charge in [-0.3, -0.25) is 0 Å². The Morgan fingerprint density at radius 3 is 2.08 bits per heavy atom. The summed E-state index contributed by atoms with van der Waals surface area (Å²) in [6, 6.07) is 0. The van der Waals surface area contributed by atoms with Gasteiger partial charge in [0, 0.05) is 5.54 Å². The van der Waals surface area contributed by atoms with Gasteiger partial charge in [-0.2, -0.15) is 0 Å². The van der Waals surface area contributed by atoms with E-state index in [1.54, 1.807) is 0 Å². The van der Waals surface area contributed by atoms with Gasteiger partial charge in [-0.15, -0.1) is 0 Å². The fourth-order valence-corrected chi connectivity index (χ4v) is 1.25. The Morgan fingerprint density at radius 1 is 1.42 bits per heavy atom. The lowest BCUT2D eigenvalue weighted by atomic mass is 9.75. The summed E-state index contributed by atoms with van der Waals surface area (Å²) in [4.78, 5) is 0. The van der Waals surface area contributed by atoms with Gasteiger partial charge in [0.25, 0.3) is 0 Å². The Hall–Kier alpha value is -0.300. The lowest BCUT2D eigenvalue weighted by molar-refractivity contribution is 0.260. The molecule has 0 heterocycles. The standard InChI is InChI=1S/C11H23N/c1-7-9(4)10(5)11(6,12)8(2)3/h8,10H,4,7,12H2,1-3,5-6H3. The fourth-order valence-electron chi connectivity index (χ4n) is 1.25.